The number of nitrogens with one attached hydrogen (secondary N) is 1. The van der Waals surface area contributed by atoms with Crippen molar-refractivity contribution >= 4 is 28.3 Å². The standard InChI is InChI=1S/C18H24N4O3S/c1-2-3-4-5-15-20-21-18(26-15)19-16(23)13-6-9-22(10-7-13)17(24)14-8-11-25-12-14/h8,11-13H,2-7,9-10H2,1H3,(H,19,21,23). The van der Waals surface area contributed by atoms with Gasteiger partial charge >= 0.3 is 0 Å². The van der Waals surface area contributed by atoms with Crippen molar-refractivity contribution in [1.29, 1.82) is 0 Å². The Kier molecular flexibility index (Phi) is 6.38. The fraction of sp³-hybridized carbons (Fsp3) is 0.556. The monoisotopic (exact) mass is 376 g/mol. The Balaban J connectivity index is 1.46. The number of rotatable bonds is 7. The maximum atomic E-state index is 12.5. The second-order valence-corrected chi connectivity index (χ2v) is 7.59. The number of anilines is 1. The lowest BCUT2D eigenvalue weighted by Gasteiger charge is -2.30. The third-order valence-corrected chi connectivity index (χ3v) is 5.51. The summed E-state index contributed by atoms with van der Waals surface area (Å²) < 4.78 is 4.96. The zero-order valence-electron chi connectivity index (χ0n) is 14.9. The number of nitrogens with zero attached hydrogens (tertiary/aromatic N) is 3. The van der Waals surface area contributed by atoms with Crippen molar-refractivity contribution in [3.05, 3.63) is 29.2 Å². The quantitative estimate of drug-likeness (QED) is 0.749. The van der Waals surface area contributed by atoms with E-state index in [1.807, 2.05) is 0 Å². The summed E-state index contributed by atoms with van der Waals surface area (Å²) in [7, 11) is 0. The number of likely N-dealkylation sites (tertiary alicyclic amines) is 1. The van der Waals surface area contributed by atoms with Crippen molar-refractivity contribution in [1.82, 2.24) is 15.1 Å². The molecule has 0 unspecified atom stereocenters. The topological polar surface area (TPSA) is 88.3 Å². The van der Waals surface area contributed by atoms with E-state index in [2.05, 4.69) is 22.4 Å². The Morgan fingerprint density at radius 1 is 1.31 bits per heavy atom. The molecule has 0 radical (unpaired) electrons. The molecule has 0 aliphatic carbocycles. The molecular formula is C18H24N4O3S. The van der Waals surface area contributed by atoms with Crippen LogP contribution in [0.1, 0.15) is 54.4 Å². The highest BCUT2D eigenvalue weighted by Crippen LogP contribution is 2.23. The van der Waals surface area contributed by atoms with Crippen LogP contribution in [0.25, 0.3) is 0 Å². The van der Waals surface area contributed by atoms with Gasteiger partial charge in [0, 0.05) is 25.4 Å². The summed E-state index contributed by atoms with van der Waals surface area (Å²) in [4.78, 5) is 26.5. The van der Waals surface area contributed by atoms with Crippen LogP contribution in [0.5, 0.6) is 0 Å². The molecule has 26 heavy (non-hydrogen) atoms. The van der Waals surface area contributed by atoms with Crippen molar-refractivity contribution < 1.29 is 14.0 Å². The number of hydrogen-bond donors (Lipinski definition) is 1. The first-order valence-electron chi connectivity index (χ1n) is 9.12. The predicted octanol–water partition coefficient (Wildman–Crippen LogP) is 3.35. The molecule has 2 aromatic rings. The van der Waals surface area contributed by atoms with Gasteiger partial charge in [-0.3, -0.25) is 9.59 Å². The number of furan rings is 1. The van der Waals surface area contributed by atoms with Gasteiger partial charge in [0.2, 0.25) is 11.0 Å². The van der Waals surface area contributed by atoms with E-state index in [0.29, 0.717) is 36.6 Å². The number of unbranched alkanes of at least 4 members (excludes halogenated alkanes) is 2. The zero-order valence-corrected chi connectivity index (χ0v) is 15.8. The Bertz CT molecular complexity index is 721. The molecule has 1 aliphatic heterocycles. The average Bonchev–Trinajstić information content (AvgIpc) is 3.34. The van der Waals surface area contributed by atoms with Crippen molar-refractivity contribution in [2.75, 3.05) is 18.4 Å². The summed E-state index contributed by atoms with van der Waals surface area (Å²) >= 11 is 1.45. The summed E-state index contributed by atoms with van der Waals surface area (Å²) in [5.41, 5.74) is 0.553. The van der Waals surface area contributed by atoms with E-state index in [1.165, 1.54) is 36.7 Å². The molecule has 3 rings (SSSR count). The Labute approximate surface area is 156 Å². The normalized spacial score (nSPS) is 15.2. The molecule has 7 nitrogen and oxygen atoms in total. The van der Waals surface area contributed by atoms with Crippen LogP contribution in [0, 0.1) is 5.92 Å². The molecule has 2 amide bonds. The van der Waals surface area contributed by atoms with Gasteiger partial charge in [0.1, 0.15) is 11.3 Å². The minimum absolute atomic E-state index is 0.0309. The summed E-state index contributed by atoms with van der Waals surface area (Å²) in [6.45, 7) is 3.31. The van der Waals surface area contributed by atoms with Crippen LogP contribution in [-0.4, -0.2) is 40.0 Å². The number of aryl methyl sites for hydroxylation is 1. The fourth-order valence-corrected chi connectivity index (χ4v) is 3.84. The van der Waals surface area contributed by atoms with Crippen LogP contribution in [0.2, 0.25) is 0 Å². The SMILES string of the molecule is CCCCCc1nnc(NC(=O)C2CCN(C(=O)c3ccoc3)CC2)s1. The molecule has 1 saturated heterocycles. The molecule has 0 saturated carbocycles. The van der Waals surface area contributed by atoms with E-state index in [0.717, 1.165) is 17.8 Å². The second-order valence-electron chi connectivity index (χ2n) is 6.53. The van der Waals surface area contributed by atoms with Gasteiger partial charge in [0.05, 0.1) is 11.8 Å². The average molecular weight is 376 g/mol. The molecule has 0 aromatic carbocycles. The molecule has 2 aromatic heterocycles. The minimum atomic E-state index is -0.101. The largest absolute Gasteiger partial charge is 0.472 e. The number of carbonyl (C=O) groups excluding carboxylic acids is 2. The van der Waals surface area contributed by atoms with Crippen LogP contribution in [0.4, 0.5) is 5.13 Å². The Morgan fingerprint density at radius 3 is 2.81 bits per heavy atom. The summed E-state index contributed by atoms with van der Waals surface area (Å²) in [6, 6.07) is 1.66. The maximum absolute atomic E-state index is 12.5. The van der Waals surface area contributed by atoms with Crippen molar-refractivity contribution in [2.45, 2.75) is 45.4 Å². The lowest BCUT2D eigenvalue weighted by Crippen LogP contribution is -2.41. The lowest BCUT2D eigenvalue weighted by molar-refractivity contribution is -0.121. The van der Waals surface area contributed by atoms with E-state index in [4.69, 9.17) is 4.42 Å². The fourth-order valence-electron chi connectivity index (χ4n) is 3.05. The number of carbonyl (C=O) groups is 2. The van der Waals surface area contributed by atoms with E-state index in [9.17, 15) is 9.59 Å². The summed E-state index contributed by atoms with van der Waals surface area (Å²) in [6.07, 6.45) is 8.61. The third kappa shape index (κ3) is 4.69. The Hall–Kier alpha value is -2.22. The smallest absolute Gasteiger partial charge is 0.257 e. The second kappa shape index (κ2) is 8.93. The van der Waals surface area contributed by atoms with Crippen LogP contribution < -0.4 is 5.32 Å². The molecule has 140 valence electrons. The van der Waals surface area contributed by atoms with Gasteiger partial charge in [0.25, 0.3) is 5.91 Å². The van der Waals surface area contributed by atoms with Crippen LogP contribution >= 0.6 is 11.3 Å². The van der Waals surface area contributed by atoms with Gasteiger partial charge in [-0.15, -0.1) is 10.2 Å². The number of piperidine rings is 1. The molecule has 8 heteroatoms. The Morgan fingerprint density at radius 2 is 2.12 bits per heavy atom. The third-order valence-electron chi connectivity index (χ3n) is 4.61. The summed E-state index contributed by atoms with van der Waals surface area (Å²) in [5, 5.41) is 12.6. The molecular weight excluding hydrogens is 352 g/mol. The molecule has 0 bridgehead atoms. The van der Waals surface area contributed by atoms with Crippen molar-refractivity contribution in [3.8, 4) is 0 Å². The highest BCUT2D eigenvalue weighted by molar-refractivity contribution is 7.15. The molecule has 1 N–H and O–H groups in total. The zero-order chi connectivity index (χ0) is 18.4. The van der Waals surface area contributed by atoms with E-state index in [1.54, 1.807) is 11.0 Å². The highest BCUT2D eigenvalue weighted by Gasteiger charge is 2.28. The van der Waals surface area contributed by atoms with Crippen molar-refractivity contribution in [3.63, 3.8) is 0 Å². The van der Waals surface area contributed by atoms with Gasteiger partial charge in [-0.2, -0.15) is 0 Å². The first-order valence-corrected chi connectivity index (χ1v) is 9.93. The van der Waals surface area contributed by atoms with Gasteiger partial charge in [-0.1, -0.05) is 31.1 Å². The molecule has 0 spiro atoms. The van der Waals surface area contributed by atoms with Gasteiger partial charge < -0.3 is 14.6 Å². The van der Waals surface area contributed by atoms with Crippen molar-refractivity contribution in [2.24, 2.45) is 5.92 Å². The molecule has 1 aliphatic rings. The summed E-state index contributed by atoms with van der Waals surface area (Å²) in [5.74, 6) is -0.175. The van der Waals surface area contributed by atoms with Crippen LogP contribution in [0.15, 0.2) is 23.0 Å². The number of aromatic nitrogens is 2. The first kappa shape index (κ1) is 18.6. The van der Waals surface area contributed by atoms with Gasteiger partial charge in [-0.05, 0) is 25.3 Å². The number of hydrogen-bond acceptors (Lipinski definition) is 6. The minimum Gasteiger partial charge on any atom is -0.472 e. The van der Waals surface area contributed by atoms with E-state index >= 15 is 0 Å². The van der Waals surface area contributed by atoms with Gasteiger partial charge in [0.15, 0.2) is 0 Å². The number of amides is 2. The molecule has 1 fully saturated rings. The molecule has 3 heterocycles. The van der Waals surface area contributed by atoms with E-state index in [-0.39, 0.29) is 17.7 Å². The maximum Gasteiger partial charge on any atom is 0.257 e. The predicted molar refractivity (Wildman–Crippen MR) is 99.1 cm³/mol. The van der Waals surface area contributed by atoms with E-state index < -0.39 is 0 Å². The molecule has 0 atom stereocenters. The van der Waals surface area contributed by atoms with Crippen LogP contribution in [0.3, 0.4) is 0 Å². The highest BCUT2D eigenvalue weighted by atomic mass is 32.1. The first-order chi connectivity index (χ1) is 12.7. The van der Waals surface area contributed by atoms with Crippen LogP contribution in [-0.2, 0) is 11.2 Å². The lowest BCUT2D eigenvalue weighted by atomic mass is 9.95. The van der Waals surface area contributed by atoms with Gasteiger partial charge in [-0.25, -0.2) is 0 Å².